The van der Waals surface area contributed by atoms with E-state index in [2.05, 4.69) is 33.0 Å². The second kappa shape index (κ2) is 6.60. The van der Waals surface area contributed by atoms with E-state index in [4.69, 9.17) is 12.2 Å². The normalized spacial score (nSPS) is 25.9. The number of Topliss-reactive ketones (excluding diaryl/α,β-unsaturated/α-hetero) is 1. The van der Waals surface area contributed by atoms with Gasteiger partial charge in [-0.25, -0.2) is 0 Å². The highest BCUT2D eigenvalue weighted by atomic mass is 32.1. The molecule has 4 heteroatoms. The van der Waals surface area contributed by atoms with Crippen molar-refractivity contribution in [2.45, 2.75) is 40.5 Å². The smallest absolute Gasteiger partial charge is 0.173 e. The molecule has 0 amide bonds. The molecule has 2 atom stereocenters. The fourth-order valence-electron chi connectivity index (χ4n) is 3.43. The van der Waals surface area contributed by atoms with Crippen LogP contribution in [0.3, 0.4) is 0 Å². The molecule has 3 nitrogen and oxygen atoms in total. The first kappa shape index (κ1) is 17.9. The summed E-state index contributed by atoms with van der Waals surface area (Å²) in [6.45, 7) is 9.18. The zero-order valence-electron chi connectivity index (χ0n) is 14.8. The third-order valence-electron chi connectivity index (χ3n) is 6.10. The van der Waals surface area contributed by atoms with E-state index in [-0.39, 0.29) is 16.6 Å². The quantitative estimate of drug-likeness (QED) is 0.831. The largest absolute Gasteiger partial charge is 0.345 e. The van der Waals surface area contributed by atoms with E-state index >= 15 is 0 Å². The van der Waals surface area contributed by atoms with Crippen molar-refractivity contribution in [2.75, 3.05) is 18.9 Å². The highest BCUT2D eigenvalue weighted by Crippen LogP contribution is 2.56. The zero-order chi connectivity index (χ0) is 17.3. The van der Waals surface area contributed by atoms with Crippen LogP contribution in [0.4, 0.5) is 5.69 Å². The first-order valence-corrected chi connectivity index (χ1v) is 8.70. The minimum Gasteiger partial charge on any atom is -0.345 e. The molecule has 1 aromatic carbocycles. The summed E-state index contributed by atoms with van der Waals surface area (Å²) in [4.78, 5) is 14.8. The van der Waals surface area contributed by atoms with Crippen molar-refractivity contribution in [3.63, 3.8) is 0 Å². The molecule has 1 saturated carbocycles. The van der Waals surface area contributed by atoms with Gasteiger partial charge in [0.15, 0.2) is 10.9 Å². The number of benzene rings is 1. The van der Waals surface area contributed by atoms with Gasteiger partial charge in [-0.1, -0.05) is 45.9 Å². The molecule has 0 unspecified atom stereocenters. The Morgan fingerprint density at radius 1 is 1.30 bits per heavy atom. The number of anilines is 1. The molecule has 1 aromatic rings. The van der Waals surface area contributed by atoms with Crippen LogP contribution in [0.1, 0.15) is 40.5 Å². The van der Waals surface area contributed by atoms with Gasteiger partial charge in [0.05, 0.1) is 6.54 Å². The number of hydrogen-bond acceptors (Lipinski definition) is 2. The summed E-state index contributed by atoms with van der Waals surface area (Å²) in [5.74, 6) is 0.850. The van der Waals surface area contributed by atoms with Gasteiger partial charge in [0, 0.05) is 18.2 Å². The van der Waals surface area contributed by atoms with Crippen LogP contribution in [0.2, 0.25) is 0 Å². The monoisotopic (exact) mass is 332 g/mol. The SMILES string of the molecule is C[C@@H]1CC[C@](C)(C(=O)CN(C)C(=S)Nc2ccccc2)C1(C)C. The first-order valence-electron chi connectivity index (χ1n) is 8.29. The van der Waals surface area contributed by atoms with E-state index < -0.39 is 0 Å². The molecule has 23 heavy (non-hydrogen) atoms. The molecule has 0 bridgehead atoms. The topological polar surface area (TPSA) is 32.3 Å². The Hall–Kier alpha value is -1.42. The maximum Gasteiger partial charge on any atom is 0.173 e. The number of carbonyl (C=O) groups excluding carboxylic acids is 1. The second-order valence-electron chi connectivity index (χ2n) is 7.57. The van der Waals surface area contributed by atoms with Crippen molar-refractivity contribution in [2.24, 2.45) is 16.7 Å². The summed E-state index contributed by atoms with van der Waals surface area (Å²) in [7, 11) is 1.88. The molecule has 0 aliphatic heterocycles. The van der Waals surface area contributed by atoms with Crippen LogP contribution in [0, 0.1) is 16.7 Å². The number of para-hydroxylation sites is 1. The lowest BCUT2D eigenvalue weighted by molar-refractivity contribution is -0.133. The summed E-state index contributed by atoms with van der Waals surface area (Å²) in [5, 5.41) is 3.77. The molecule has 1 fully saturated rings. The maximum absolute atomic E-state index is 13.0. The van der Waals surface area contributed by atoms with Crippen LogP contribution in [-0.2, 0) is 4.79 Å². The van der Waals surface area contributed by atoms with E-state index in [0.717, 1.165) is 18.5 Å². The first-order chi connectivity index (χ1) is 10.7. The van der Waals surface area contributed by atoms with E-state index in [1.165, 1.54) is 0 Å². The van der Waals surface area contributed by atoms with Gasteiger partial charge in [-0.05, 0) is 48.5 Å². The van der Waals surface area contributed by atoms with Gasteiger partial charge in [-0.3, -0.25) is 4.79 Å². The number of nitrogens with zero attached hydrogens (tertiary/aromatic N) is 1. The summed E-state index contributed by atoms with van der Waals surface area (Å²) in [6.07, 6.45) is 2.08. The Bertz CT molecular complexity index is 584. The number of carbonyl (C=O) groups is 1. The van der Waals surface area contributed by atoms with Crippen molar-refractivity contribution in [3.05, 3.63) is 30.3 Å². The van der Waals surface area contributed by atoms with E-state index in [9.17, 15) is 4.79 Å². The highest BCUT2D eigenvalue weighted by molar-refractivity contribution is 7.80. The molecule has 126 valence electrons. The van der Waals surface area contributed by atoms with Gasteiger partial charge in [-0.15, -0.1) is 0 Å². The number of likely N-dealkylation sites (N-methyl/N-ethyl adjacent to an activating group) is 1. The third-order valence-corrected chi connectivity index (χ3v) is 6.51. The molecule has 1 N–H and O–H groups in total. The molecule has 0 heterocycles. The predicted molar refractivity (Wildman–Crippen MR) is 101 cm³/mol. The molecule has 0 saturated heterocycles. The fraction of sp³-hybridized carbons (Fsp3) is 0.579. The Labute approximate surface area is 145 Å². The van der Waals surface area contributed by atoms with Gasteiger partial charge < -0.3 is 10.2 Å². The van der Waals surface area contributed by atoms with Crippen LogP contribution >= 0.6 is 12.2 Å². The van der Waals surface area contributed by atoms with Crippen LogP contribution in [-0.4, -0.2) is 29.4 Å². The molecule has 0 radical (unpaired) electrons. The Balaban J connectivity index is 2.01. The third kappa shape index (κ3) is 3.42. The van der Waals surface area contributed by atoms with Gasteiger partial charge in [-0.2, -0.15) is 0 Å². The Kier molecular flexibility index (Phi) is 5.14. The summed E-state index contributed by atoms with van der Waals surface area (Å²) >= 11 is 5.43. The molecule has 1 aliphatic carbocycles. The molecule has 1 aliphatic rings. The van der Waals surface area contributed by atoms with Crippen LogP contribution in [0.15, 0.2) is 30.3 Å². The Morgan fingerprint density at radius 2 is 1.91 bits per heavy atom. The number of rotatable bonds is 4. The minimum atomic E-state index is -0.275. The van der Waals surface area contributed by atoms with Crippen LogP contribution < -0.4 is 5.32 Å². The molecular weight excluding hydrogens is 304 g/mol. The number of nitrogens with one attached hydrogen (secondary N) is 1. The van der Waals surface area contributed by atoms with Gasteiger partial charge in [0.1, 0.15) is 0 Å². The van der Waals surface area contributed by atoms with Crippen molar-refractivity contribution in [1.82, 2.24) is 4.90 Å². The fourth-order valence-corrected chi connectivity index (χ4v) is 3.62. The lowest BCUT2D eigenvalue weighted by Crippen LogP contribution is -2.46. The van der Waals surface area contributed by atoms with Crippen molar-refractivity contribution in [3.8, 4) is 0 Å². The van der Waals surface area contributed by atoms with Crippen molar-refractivity contribution >= 4 is 28.8 Å². The lowest BCUT2D eigenvalue weighted by atomic mass is 9.64. The lowest BCUT2D eigenvalue weighted by Gasteiger charge is -2.40. The summed E-state index contributed by atoms with van der Waals surface area (Å²) in [6, 6.07) is 9.81. The maximum atomic E-state index is 13.0. The van der Waals surface area contributed by atoms with E-state index in [1.54, 1.807) is 0 Å². The predicted octanol–water partition coefficient (Wildman–Crippen LogP) is 4.35. The number of hydrogen-bond donors (Lipinski definition) is 1. The van der Waals surface area contributed by atoms with Crippen LogP contribution in [0.5, 0.6) is 0 Å². The molecule has 0 spiro atoms. The number of ketones is 1. The van der Waals surface area contributed by atoms with Gasteiger partial charge in [0.25, 0.3) is 0 Å². The highest BCUT2D eigenvalue weighted by Gasteiger charge is 2.53. The average Bonchev–Trinajstić information content (AvgIpc) is 2.72. The summed E-state index contributed by atoms with van der Waals surface area (Å²) < 4.78 is 0. The molecule has 2 rings (SSSR count). The molecular formula is C19H28N2OS. The number of thiocarbonyl (C=S) groups is 1. The summed E-state index contributed by atoms with van der Waals surface area (Å²) in [5.41, 5.74) is 0.695. The standard InChI is InChI=1S/C19H28N2OS/c1-14-11-12-19(4,18(14,2)3)16(22)13-21(5)17(23)20-15-9-7-6-8-10-15/h6-10,14H,11-13H2,1-5H3,(H,20,23)/t14-,19-/m1/s1. The minimum absolute atomic E-state index is 0.0272. The molecule has 0 aromatic heterocycles. The van der Waals surface area contributed by atoms with Crippen molar-refractivity contribution in [1.29, 1.82) is 0 Å². The second-order valence-corrected chi connectivity index (χ2v) is 7.96. The average molecular weight is 333 g/mol. The van der Waals surface area contributed by atoms with Crippen molar-refractivity contribution < 1.29 is 4.79 Å². The Morgan fingerprint density at radius 3 is 2.43 bits per heavy atom. The van der Waals surface area contributed by atoms with E-state index in [0.29, 0.717) is 17.6 Å². The van der Waals surface area contributed by atoms with Gasteiger partial charge >= 0.3 is 0 Å². The van der Waals surface area contributed by atoms with Gasteiger partial charge in [0.2, 0.25) is 0 Å². The zero-order valence-corrected chi connectivity index (χ0v) is 15.7. The van der Waals surface area contributed by atoms with E-state index in [1.807, 2.05) is 42.3 Å². The van der Waals surface area contributed by atoms with Crippen LogP contribution in [0.25, 0.3) is 0 Å².